The number of carbonyl (C=O) groups excluding carboxylic acids is 2. The van der Waals surface area contributed by atoms with Gasteiger partial charge in [-0.1, -0.05) is 31.4 Å². The van der Waals surface area contributed by atoms with Crippen LogP contribution in [0.2, 0.25) is 0 Å². The third-order valence-electron chi connectivity index (χ3n) is 5.30. The standard InChI is InChI=1S/C22H25N3O2S/c1-15-6-5-9-17(12-15)23-21(26)14-25-18-10-11-28-20(18)13-19(25)22(27)24-16-7-3-2-4-8-16/h5-6,9-13,16H,2-4,7-8,14H2,1H3,(H,23,26)(H,24,27). The van der Waals surface area contributed by atoms with E-state index >= 15 is 0 Å². The van der Waals surface area contributed by atoms with Gasteiger partial charge in [-0.2, -0.15) is 0 Å². The lowest BCUT2D eigenvalue weighted by Crippen LogP contribution is -2.37. The molecule has 2 heterocycles. The number of nitrogens with one attached hydrogen (secondary N) is 2. The maximum absolute atomic E-state index is 12.9. The molecule has 146 valence electrons. The number of carbonyl (C=O) groups is 2. The molecule has 2 N–H and O–H groups in total. The molecule has 0 radical (unpaired) electrons. The largest absolute Gasteiger partial charge is 0.348 e. The molecule has 2 aromatic heterocycles. The molecular formula is C22H25N3O2S. The normalized spacial score (nSPS) is 14.9. The highest BCUT2D eigenvalue weighted by Crippen LogP contribution is 2.26. The minimum Gasteiger partial charge on any atom is -0.348 e. The van der Waals surface area contributed by atoms with Gasteiger partial charge in [0.25, 0.3) is 5.91 Å². The van der Waals surface area contributed by atoms with Gasteiger partial charge in [-0.3, -0.25) is 9.59 Å². The van der Waals surface area contributed by atoms with Crippen LogP contribution in [-0.2, 0) is 11.3 Å². The van der Waals surface area contributed by atoms with Crippen molar-refractivity contribution in [3.8, 4) is 0 Å². The van der Waals surface area contributed by atoms with Gasteiger partial charge in [0.1, 0.15) is 12.2 Å². The first-order valence-electron chi connectivity index (χ1n) is 9.84. The first kappa shape index (κ1) is 18.7. The van der Waals surface area contributed by atoms with Gasteiger partial charge < -0.3 is 15.2 Å². The highest BCUT2D eigenvalue weighted by atomic mass is 32.1. The van der Waals surface area contributed by atoms with Crippen molar-refractivity contribution >= 4 is 39.1 Å². The third-order valence-corrected chi connectivity index (χ3v) is 6.15. The van der Waals surface area contributed by atoms with E-state index in [1.165, 1.54) is 19.3 Å². The van der Waals surface area contributed by atoms with E-state index in [0.717, 1.165) is 34.3 Å². The summed E-state index contributed by atoms with van der Waals surface area (Å²) >= 11 is 1.59. The van der Waals surface area contributed by atoms with Crippen LogP contribution in [0.5, 0.6) is 0 Å². The van der Waals surface area contributed by atoms with Crippen LogP contribution in [0, 0.1) is 6.92 Å². The quantitative estimate of drug-likeness (QED) is 0.657. The van der Waals surface area contributed by atoms with Crippen LogP contribution >= 0.6 is 11.3 Å². The maximum atomic E-state index is 12.9. The van der Waals surface area contributed by atoms with E-state index in [1.807, 2.05) is 53.3 Å². The van der Waals surface area contributed by atoms with E-state index in [1.54, 1.807) is 11.3 Å². The van der Waals surface area contributed by atoms with Gasteiger partial charge in [-0.05, 0) is 55.0 Å². The van der Waals surface area contributed by atoms with E-state index in [9.17, 15) is 9.59 Å². The number of benzene rings is 1. The predicted molar refractivity (Wildman–Crippen MR) is 114 cm³/mol. The molecule has 0 bridgehead atoms. The predicted octanol–water partition coefficient (Wildman–Crippen LogP) is 4.71. The number of thiophene rings is 1. The van der Waals surface area contributed by atoms with Crippen molar-refractivity contribution in [1.82, 2.24) is 9.88 Å². The molecule has 1 saturated carbocycles. The molecular weight excluding hydrogens is 370 g/mol. The summed E-state index contributed by atoms with van der Waals surface area (Å²) in [7, 11) is 0. The average molecular weight is 396 g/mol. The van der Waals surface area contributed by atoms with E-state index in [0.29, 0.717) is 5.69 Å². The zero-order chi connectivity index (χ0) is 19.5. The number of rotatable bonds is 5. The molecule has 0 spiro atoms. The van der Waals surface area contributed by atoms with E-state index < -0.39 is 0 Å². The van der Waals surface area contributed by atoms with Crippen LogP contribution in [0.4, 0.5) is 5.69 Å². The highest BCUT2D eigenvalue weighted by Gasteiger charge is 2.22. The second-order valence-electron chi connectivity index (χ2n) is 7.51. The van der Waals surface area contributed by atoms with Gasteiger partial charge >= 0.3 is 0 Å². The maximum Gasteiger partial charge on any atom is 0.268 e. The Morgan fingerprint density at radius 3 is 2.75 bits per heavy atom. The van der Waals surface area contributed by atoms with Crippen molar-refractivity contribution in [2.24, 2.45) is 0 Å². The summed E-state index contributed by atoms with van der Waals surface area (Å²) in [5.41, 5.74) is 3.35. The number of amides is 2. The molecule has 1 aliphatic rings. The fourth-order valence-electron chi connectivity index (χ4n) is 3.91. The summed E-state index contributed by atoms with van der Waals surface area (Å²) in [6.45, 7) is 2.10. The smallest absolute Gasteiger partial charge is 0.268 e. The molecule has 6 heteroatoms. The topological polar surface area (TPSA) is 63.1 Å². The Balaban J connectivity index is 1.53. The lowest BCUT2D eigenvalue weighted by Gasteiger charge is -2.23. The van der Waals surface area contributed by atoms with Crippen LogP contribution < -0.4 is 10.6 Å². The summed E-state index contributed by atoms with van der Waals surface area (Å²) < 4.78 is 2.85. The fraction of sp³-hybridized carbons (Fsp3) is 0.364. The Morgan fingerprint density at radius 1 is 1.14 bits per heavy atom. The molecule has 2 amide bonds. The first-order chi connectivity index (χ1) is 13.6. The Morgan fingerprint density at radius 2 is 1.96 bits per heavy atom. The van der Waals surface area contributed by atoms with Crippen LogP contribution in [0.1, 0.15) is 48.2 Å². The van der Waals surface area contributed by atoms with Gasteiger partial charge in [-0.15, -0.1) is 11.3 Å². The SMILES string of the molecule is Cc1cccc(NC(=O)Cn2c(C(=O)NC3CCCCC3)cc3sccc32)c1. The van der Waals surface area contributed by atoms with Crippen molar-refractivity contribution in [3.05, 3.63) is 53.0 Å². The van der Waals surface area contributed by atoms with Crippen LogP contribution in [0.25, 0.3) is 10.2 Å². The molecule has 3 aromatic rings. The highest BCUT2D eigenvalue weighted by molar-refractivity contribution is 7.17. The van der Waals surface area contributed by atoms with Crippen LogP contribution in [0.3, 0.4) is 0 Å². The number of hydrogen-bond donors (Lipinski definition) is 2. The molecule has 0 atom stereocenters. The number of hydrogen-bond acceptors (Lipinski definition) is 3. The molecule has 1 aliphatic carbocycles. The second-order valence-corrected chi connectivity index (χ2v) is 8.46. The monoisotopic (exact) mass is 395 g/mol. The van der Waals surface area contributed by atoms with Gasteiger partial charge in [0.05, 0.1) is 10.2 Å². The van der Waals surface area contributed by atoms with Crippen molar-refractivity contribution in [2.75, 3.05) is 5.32 Å². The summed E-state index contributed by atoms with van der Waals surface area (Å²) in [4.78, 5) is 25.6. The van der Waals surface area contributed by atoms with E-state index in [4.69, 9.17) is 0 Å². The van der Waals surface area contributed by atoms with Crippen molar-refractivity contribution in [3.63, 3.8) is 0 Å². The number of aryl methyl sites for hydroxylation is 1. The Hall–Kier alpha value is -2.60. The summed E-state index contributed by atoms with van der Waals surface area (Å²) in [5.74, 6) is -0.223. The van der Waals surface area contributed by atoms with Crippen LogP contribution in [0.15, 0.2) is 41.8 Å². The van der Waals surface area contributed by atoms with E-state index in [-0.39, 0.29) is 24.4 Å². The molecule has 0 saturated heterocycles. The minimum absolute atomic E-state index is 0.0846. The molecule has 5 nitrogen and oxygen atoms in total. The molecule has 1 aromatic carbocycles. The fourth-order valence-corrected chi connectivity index (χ4v) is 4.73. The van der Waals surface area contributed by atoms with Gasteiger partial charge in [-0.25, -0.2) is 0 Å². The molecule has 0 unspecified atom stereocenters. The molecule has 1 fully saturated rings. The lowest BCUT2D eigenvalue weighted by molar-refractivity contribution is -0.116. The first-order valence-corrected chi connectivity index (χ1v) is 10.7. The second kappa shape index (κ2) is 8.19. The summed E-state index contributed by atoms with van der Waals surface area (Å²) in [6.07, 6.45) is 5.65. The van der Waals surface area contributed by atoms with Crippen molar-refractivity contribution in [1.29, 1.82) is 0 Å². The Labute approximate surface area is 168 Å². The van der Waals surface area contributed by atoms with Crippen molar-refractivity contribution < 1.29 is 9.59 Å². The van der Waals surface area contributed by atoms with Crippen molar-refractivity contribution in [2.45, 2.75) is 51.6 Å². The molecule has 4 rings (SSSR count). The van der Waals surface area contributed by atoms with Gasteiger partial charge in [0.2, 0.25) is 5.91 Å². The third kappa shape index (κ3) is 4.12. The zero-order valence-electron chi connectivity index (χ0n) is 16.0. The van der Waals surface area contributed by atoms with Crippen LogP contribution in [-0.4, -0.2) is 22.4 Å². The number of nitrogens with zero attached hydrogens (tertiary/aromatic N) is 1. The Kier molecular flexibility index (Phi) is 5.48. The molecule has 28 heavy (non-hydrogen) atoms. The van der Waals surface area contributed by atoms with Gasteiger partial charge in [0, 0.05) is 11.7 Å². The minimum atomic E-state index is -0.138. The number of anilines is 1. The zero-order valence-corrected chi connectivity index (χ0v) is 16.8. The number of fused-ring (bicyclic) bond motifs is 1. The van der Waals surface area contributed by atoms with Gasteiger partial charge in [0.15, 0.2) is 0 Å². The lowest BCUT2D eigenvalue weighted by atomic mass is 9.95. The number of aromatic nitrogens is 1. The summed E-state index contributed by atoms with van der Waals surface area (Å²) in [6, 6.07) is 11.8. The molecule has 0 aliphatic heterocycles. The Bertz CT molecular complexity index is 998. The average Bonchev–Trinajstić information content (AvgIpc) is 3.25. The van der Waals surface area contributed by atoms with E-state index in [2.05, 4.69) is 10.6 Å². The summed E-state index contributed by atoms with van der Waals surface area (Å²) in [5, 5.41) is 8.10.